The number of halogens is 9. The molecule has 0 heterocycles. The van der Waals surface area contributed by atoms with E-state index in [0.29, 0.717) is 17.1 Å². The van der Waals surface area contributed by atoms with E-state index in [9.17, 15) is 39.2 Å². The summed E-state index contributed by atoms with van der Waals surface area (Å²) in [6, 6.07) is 16.5. The van der Waals surface area contributed by atoms with E-state index < -0.39 is 43.7 Å². The Kier molecular flexibility index (Phi) is 9.75. The zero-order chi connectivity index (χ0) is 34.4. The maximum atomic E-state index is 15.2. The highest BCUT2D eigenvalue weighted by Gasteiger charge is 2.88. The highest BCUT2D eigenvalue weighted by atomic mass is 32.3. The van der Waals surface area contributed by atoms with Gasteiger partial charge in [-0.2, -0.15) is 39.5 Å². The largest absolute Gasteiger partial charge is 0.486 e. The molecule has 45 heavy (non-hydrogen) atoms. The third-order valence-corrected chi connectivity index (χ3v) is 12.2. The van der Waals surface area contributed by atoms with E-state index in [1.165, 1.54) is 72.8 Å². The smallest absolute Gasteiger partial charge is 0.378 e. The van der Waals surface area contributed by atoms with Crippen molar-refractivity contribution in [2.45, 2.75) is 38.0 Å². The van der Waals surface area contributed by atoms with Gasteiger partial charge in [-0.05, 0) is 72.8 Å². The molecule has 0 aliphatic rings. The van der Waals surface area contributed by atoms with Gasteiger partial charge in [-0.3, -0.25) is 3.63 Å². The van der Waals surface area contributed by atoms with Crippen molar-refractivity contribution in [1.29, 1.82) is 0 Å². The average molecular weight is 693 g/mol. The summed E-state index contributed by atoms with van der Waals surface area (Å²) in [6.45, 7) is 0. The number of benzene rings is 3. The highest BCUT2D eigenvalue weighted by molar-refractivity contribution is 8.32. The zero-order valence-electron chi connectivity index (χ0n) is 24.8. The Balaban J connectivity index is 2.44. The summed E-state index contributed by atoms with van der Waals surface area (Å²) in [4.78, 5) is 4.57. The SMILES string of the molecule is CN(C)c1ccc(S([OH+]S(=O)(=O)C(F)(F)C(F)(F)C(F)(F)C(F)(F)F)(c2ccc(N(C)C)cc2)c2ccc(N(C)C)cc2)cc1. The predicted octanol–water partition coefficient (Wildman–Crippen LogP) is 7.93. The summed E-state index contributed by atoms with van der Waals surface area (Å²) in [5.74, 6) is -14.9. The van der Waals surface area contributed by atoms with Crippen LogP contribution in [-0.2, 0) is 10.1 Å². The van der Waals surface area contributed by atoms with Crippen LogP contribution in [0.2, 0.25) is 0 Å². The standard InChI is InChI=1S/C28H30F9N3O3S2/c1-38(2)19-7-13-22(14-8-19)44(23-15-9-20(10-16-23)39(3)4,24-17-11-21(12-18-24)40(5)6)43-45(41,42)28(36,37)26(31,32)25(29,30)27(33,34)35/h7-18H,1-6H3/p+1. The van der Waals surface area contributed by atoms with Crippen molar-refractivity contribution in [2.75, 3.05) is 57.0 Å². The van der Waals surface area contributed by atoms with Crippen LogP contribution in [0.5, 0.6) is 0 Å². The Labute approximate surface area is 256 Å². The van der Waals surface area contributed by atoms with Crippen LogP contribution in [0.1, 0.15) is 0 Å². The molecule has 0 atom stereocenters. The van der Waals surface area contributed by atoms with E-state index >= 15 is 8.78 Å². The summed E-state index contributed by atoms with van der Waals surface area (Å²) in [6.07, 6.45) is -7.22. The van der Waals surface area contributed by atoms with Crippen molar-refractivity contribution in [3.05, 3.63) is 72.8 Å². The number of rotatable bonds is 11. The minimum absolute atomic E-state index is 0.117. The molecule has 3 aromatic rings. The van der Waals surface area contributed by atoms with E-state index in [2.05, 4.69) is 3.63 Å². The fraction of sp³-hybridized carbons (Fsp3) is 0.357. The molecule has 0 aromatic heterocycles. The van der Waals surface area contributed by atoms with Gasteiger partial charge in [0.25, 0.3) is 0 Å². The third kappa shape index (κ3) is 6.25. The molecule has 250 valence electrons. The molecule has 1 N–H and O–H groups in total. The van der Waals surface area contributed by atoms with E-state index in [1.807, 2.05) is 0 Å². The molecule has 3 rings (SSSR count). The zero-order valence-corrected chi connectivity index (χ0v) is 26.4. The van der Waals surface area contributed by atoms with Crippen molar-refractivity contribution in [3.8, 4) is 0 Å². The van der Waals surface area contributed by atoms with Crippen LogP contribution in [0.4, 0.5) is 56.6 Å². The summed E-state index contributed by atoms with van der Waals surface area (Å²) in [7, 11) is -1.21. The fourth-order valence-electron chi connectivity index (χ4n) is 4.08. The number of hydrogen-bond acceptors (Lipinski definition) is 5. The molecule has 0 unspecified atom stereocenters. The summed E-state index contributed by atoms with van der Waals surface area (Å²) in [5, 5.41) is -7.01. The first-order valence-electron chi connectivity index (χ1n) is 12.8. The van der Waals surface area contributed by atoms with Gasteiger partial charge in [0, 0.05) is 59.3 Å². The van der Waals surface area contributed by atoms with Gasteiger partial charge in [0.15, 0.2) is 0 Å². The van der Waals surface area contributed by atoms with Crippen molar-refractivity contribution >= 4 is 37.5 Å². The first kappa shape index (κ1) is 36.2. The van der Waals surface area contributed by atoms with E-state index in [-0.39, 0.29) is 14.7 Å². The molecule has 0 aliphatic heterocycles. The molecule has 6 nitrogen and oxygen atoms in total. The van der Waals surface area contributed by atoms with Crippen LogP contribution in [0.15, 0.2) is 87.5 Å². The lowest BCUT2D eigenvalue weighted by molar-refractivity contribution is -0.382. The highest BCUT2D eigenvalue weighted by Crippen LogP contribution is 2.70. The van der Waals surface area contributed by atoms with Gasteiger partial charge < -0.3 is 14.7 Å². The van der Waals surface area contributed by atoms with Crippen LogP contribution in [-0.4, -0.2) is 77.6 Å². The monoisotopic (exact) mass is 692 g/mol. The first-order chi connectivity index (χ1) is 20.4. The second-order valence-electron chi connectivity index (χ2n) is 10.5. The second kappa shape index (κ2) is 12.1. The minimum Gasteiger partial charge on any atom is -0.378 e. The molecule has 0 radical (unpaired) electrons. The van der Waals surface area contributed by atoms with Crippen LogP contribution >= 0.6 is 10.3 Å². The van der Waals surface area contributed by atoms with Gasteiger partial charge >= 0.3 is 33.4 Å². The van der Waals surface area contributed by atoms with Gasteiger partial charge in [-0.15, -0.1) is 8.42 Å². The fourth-order valence-corrected chi connectivity index (χ4v) is 9.52. The van der Waals surface area contributed by atoms with E-state index in [0.717, 1.165) is 0 Å². The van der Waals surface area contributed by atoms with Gasteiger partial charge in [-0.1, -0.05) is 0 Å². The summed E-state index contributed by atoms with van der Waals surface area (Å²) < 4.78 is 155. The molecule has 0 saturated carbocycles. The number of alkyl halides is 9. The number of nitrogens with zero attached hydrogens (tertiary/aromatic N) is 3. The molecular formula is C28H31F9N3O3S2+. The molecule has 0 saturated heterocycles. The maximum Gasteiger partial charge on any atom is 0.486 e. The number of anilines is 3. The molecule has 0 bridgehead atoms. The lowest BCUT2D eigenvalue weighted by Gasteiger charge is -2.38. The van der Waals surface area contributed by atoms with Crippen molar-refractivity contribution in [1.82, 2.24) is 0 Å². The van der Waals surface area contributed by atoms with Crippen LogP contribution in [0, 0.1) is 0 Å². The molecule has 0 fully saturated rings. The summed E-state index contributed by atoms with van der Waals surface area (Å²) in [5.41, 5.74) is 1.63. The molecule has 0 amide bonds. The van der Waals surface area contributed by atoms with Gasteiger partial charge in [-0.25, -0.2) is 0 Å². The predicted molar refractivity (Wildman–Crippen MR) is 157 cm³/mol. The Morgan fingerprint density at radius 3 is 0.978 bits per heavy atom. The molecule has 3 aromatic carbocycles. The molecule has 0 spiro atoms. The summed E-state index contributed by atoms with van der Waals surface area (Å²) >= 11 is 0. The quantitative estimate of drug-likeness (QED) is 0.116. The van der Waals surface area contributed by atoms with E-state index in [4.69, 9.17) is 0 Å². The van der Waals surface area contributed by atoms with Crippen molar-refractivity contribution in [2.24, 2.45) is 0 Å². The van der Waals surface area contributed by atoms with Crippen LogP contribution in [0.25, 0.3) is 0 Å². The first-order valence-corrected chi connectivity index (χ1v) is 15.8. The van der Waals surface area contributed by atoms with Gasteiger partial charge in [0.2, 0.25) is 0 Å². The minimum atomic E-state index is -7.44. The second-order valence-corrected chi connectivity index (χ2v) is 15.1. The average Bonchev–Trinajstić information content (AvgIpc) is 2.95. The lowest BCUT2D eigenvalue weighted by atomic mass is 10.1. The normalized spacial score (nSPS) is 13.8. The Hall–Kier alpha value is -3.31. The van der Waals surface area contributed by atoms with Gasteiger partial charge in [0.1, 0.15) is 0 Å². The van der Waals surface area contributed by atoms with Crippen LogP contribution in [0.3, 0.4) is 0 Å². The Morgan fingerprint density at radius 2 is 0.756 bits per heavy atom. The van der Waals surface area contributed by atoms with Crippen molar-refractivity contribution in [3.63, 3.8) is 0 Å². The molecular weight excluding hydrogens is 661 g/mol. The molecule has 17 heteroatoms. The van der Waals surface area contributed by atoms with E-state index in [1.54, 1.807) is 57.0 Å². The topological polar surface area (TPSA) is 56.7 Å². The van der Waals surface area contributed by atoms with Gasteiger partial charge in [0.05, 0.1) is 25.0 Å². The maximum absolute atomic E-state index is 15.2. The van der Waals surface area contributed by atoms with Crippen molar-refractivity contribution < 1.29 is 51.6 Å². The number of hydrogen-bond donors (Lipinski definition) is 0. The van der Waals surface area contributed by atoms with Crippen LogP contribution < -0.4 is 14.7 Å². The molecule has 0 aliphatic carbocycles. The Morgan fingerprint density at radius 1 is 0.489 bits per heavy atom. The third-order valence-electron chi connectivity index (χ3n) is 6.73. The lowest BCUT2D eigenvalue weighted by Crippen LogP contribution is -2.63. The Bertz CT molecular complexity index is 1450.